The van der Waals surface area contributed by atoms with Gasteiger partial charge in [-0.05, 0) is 25.8 Å². The monoisotopic (exact) mass is 263 g/mol. The molecule has 1 amide bonds. The first-order valence-corrected chi connectivity index (χ1v) is 6.74. The molecule has 0 saturated carbocycles. The molecule has 1 heterocycles. The Bertz CT molecular complexity index is 445. The first-order valence-electron chi connectivity index (χ1n) is 6.74. The van der Waals surface area contributed by atoms with E-state index in [2.05, 4.69) is 0 Å². The third-order valence-corrected chi connectivity index (χ3v) is 3.52. The van der Waals surface area contributed by atoms with Crippen molar-refractivity contribution >= 4 is 5.91 Å². The number of aliphatic hydroxyl groups excluding tert-OH is 1. The number of hydrogen-bond acceptors (Lipinski definition) is 3. The van der Waals surface area contributed by atoms with Gasteiger partial charge in [0, 0.05) is 19.2 Å². The van der Waals surface area contributed by atoms with Crippen LogP contribution >= 0.6 is 0 Å². The Labute approximate surface area is 114 Å². The van der Waals surface area contributed by atoms with Crippen molar-refractivity contribution in [1.82, 2.24) is 4.90 Å². The number of aliphatic hydroxyl groups is 1. The van der Waals surface area contributed by atoms with E-state index >= 15 is 0 Å². The van der Waals surface area contributed by atoms with E-state index in [1.807, 2.05) is 24.3 Å². The second-order valence-corrected chi connectivity index (χ2v) is 5.13. The maximum Gasteiger partial charge on any atom is 0.230 e. The zero-order chi connectivity index (χ0) is 13.8. The Hall–Kier alpha value is -1.55. The molecule has 0 aliphatic carbocycles. The summed E-state index contributed by atoms with van der Waals surface area (Å²) >= 11 is 0. The predicted molar refractivity (Wildman–Crippen MR) is 73.2 cm³/mol. The van der Waals surface area contributed by atoms with E-state index in [1.54, 1.807) is 18.9 Å². The van der Waals surface area contributed by atoms with E-state index in [4.69, 9.17) is 4.74 Å². The molecule has 19 heavy (non-hydrogen) atoms. The van der Waals surface area contributed by atoms with E-state index in [0.29, 0.717) is 19.6 Å². The van der Waals surface area contributed by atoms with Crippen LogP contribution in [0, 0.1) is 0 Å². The molecule has 4 nitrogen and oxygen atoms in total. The van der Waals surface area contributed by atoms with E-state index in [0.717, 1.165) is 17.7 Å². The van der Waals surface area contributed by atoms with Gasteiger partial charge in [0.05, 0.1) is 18.6 Å². The third kappa shape index (κ3) is 3.26. The Morgan fingerprint density at radius 3 is 3.00 bits per heavy atom. The second kappa shape index (κ2) is 6.06. The van der Waals surface area contributed by atoms with Crippen LogP contribution in [0.15, 0.2) is 24.3 Å². The summed E-state index contributed by atoms with van der Waals surface area (Å²) in [6.07, 6.45) is 0.944. The molecule has 2 atom stereocenters. The molecule has 1 N–H and O–H groups in total. The van der Waals surface area contributed by atoms with Gasteiger partial charge >= 0.3 is 0 Å². The quantitative estimate of drug-likeness (QED) is 0.901. The minimum absolute atomic E-state index is 0.108. The molecule has 0 spiro atoms. The molecule has 104 valence electrons. The topological polar surface area (TPSA) is 49.8 Å². The summed E-state index contributed by atoms with van der Waals surface area (Å²) in [5.41, 5.74) is 0.975. The molecule has 1 aromatic rings. The SMILES string of the molecule is CC(O)CCN(C)C(=O)C1CCOc2ccccc21. The standard InChI is InChI=1S/C15H21NO3/c1-11(17)7-9-16(2)15(18)13-8-10-19-14-6-4-3-5-12(13)14/h3-6,11,13,17H,7-10H2,1-2H3. The molecule has 1 aliphatic rings. The highest BCUT2D eigenvalue weighted by atomic mass is 16.5. The van der Waals surface area contributed by atoms with Crippen molar-refractivity contribution in [2.45, 2.75) is 31.8 Å². The maximum absolute atomic E-state index is 12.5. The van der Waals surface area contributed by atoms with E-state index < -0.39 is 0 Å². The fourth-order valence-electron chi connectivity index (χ4n) is 2.36. The van der Waals surface area contributed by atoms with Crippen LogP contribution in [0.4, 0.5) is 0 Å². The first kappa shape index (κ1) is 13.9. The van der Waals surface area contributed by atoms with Crippen molar-refractivity contribution < 1.29 is 14.6 Å². The Balaban J connectivity index is 2.08. The molecular weight excluding hydrogens is 242 g/mol. The molecule has 0 fully saturated rings. The van der Waals surface area contributed by atoms with Crippen LogP contribution in [0.3, 0.4) is 0 Å². The summed E-state index contributed by atoms with van der Waals surface area (Å²) in [4.78, 5) is 14.2. The normalized spacial score (nSPS) is 19.2. The smallest absolute Gasteiger partial charge is 0.230 e. The highest BCUT2D eigenvalue weighted by Crippen LogP contribution is 2.34. The van der Waals surface area contributed by atoms with Crippen LogP contribution in [0.5, 0.6) is 5.75 Å². The van der Waals surface area contributed by atoms with Gasteiger partial charge in [-0.25, -0.2) is 0 Å². The van der Waals surface area contributed by atoms with Gasteiger partial charge in [-0.3, -0.25) is 4.79 Å². The predicted octanol–water partition coefficient (Wildman–Crippen LogP) is 1.78. The van der Waals surface area contributed by atoms with Gasteiger partial charge < -0.3 is 14.7 Å². The number of para-hydroxylation sites is 1. The number of benzene rings is 1. The number of ether oxygens (including phenoxy) is 1. The van der Waals surface area contributed by atoms with Gasteiger partial charge in [0.25, 0.3) is 0 Å². The second-order valence-electron chi connectivity index (χ2n) is 5.13. The molecule has 0 radical (unpaired) electrons. The molecule has 1 aromatic carbocycles. The zero-order valence-electron chi connectivity index (χ0n) is 11.5. The van der Waals surface area contributed by atoms with E-state index in [9.17, 15) is 9.90 Å². The summed E-state index contributed by atoms with van der Waals surface area (Å²) < 4.78 is 5.57. The molecular formula is C15H21NO3. The number of carbonyl (C=O) groups is 1. The summed E-state index contributed by atoms with van der Waals surface area (Å²) in [6, 6.07) is 7.72. The van der Waals surface area contributed by atoms with Crippen LogP contribution < -0.4 is 4.74 Å². The lowest BCUT2D eigenvalue weighted by Gasteiger charge is -2.29. The molecule has 0 bridgehead atoms. The lowest BCUT2D eigenvalue weighted by Crippen LogP contribution is -2.35. The van der Waals surface area contributed by atoms with E-state index in [-0.39, 0.29) is 17.9 Å². The minimum Gasteiger partial charge on any atom is -0.493 e. The number of amides is 1. The van der Waals surface area contributed by atoms with Crippen molar-refractivity contribution in [3.8, 4) is 5.75 Å². The molecule has 4 heteroatoms. The van der Waals surface area contributed by atoms with Crippen molar-refractivity contribution in [2.24, 2.45) is 0 Å². The van der Waals surface area contributed by atoms with Crippen molar-refractivity contribution in [1.29, 1.82) is 0 Å². The number of likely N-dealkylation sites (N-methyl/N-ethyl adjacent to an activating group) is 1. The molecule has 0 saturated heterocycles. The number of hydrogen-bond donors (Lipinski definition) is 1. The number of carbonyl (C=O) groups excluding carboxylic acids is 1. The van der Waals surface area contributed by atoms with Gasteiger partial charge in [-0.15, -0.1) is 0 Å². The zero-order valence-corrected chi connectivity index (χ0v) is 11.5. The lowest BCUT2D eigenvalue weighted by molar-refractivity contribution is -0.132. The summed E-state index contributed by atoms with van der Waals surface area (Å²) in [5.74, 6) is 0.802. The first-order chi connectivity index (χ1) is 9.09. The van der Waals surface area contributed by atoms with Crippen LogP contribution in [0.25, 0.3) is 0 Å². The third-order valence-electron chi connectivity index (χ3n) is 3.52. The molecule has 1 aliphatic heterocycles. The maximum atomic E-state index is 12.5. The van der Waals surface area contributed by atoms with Crippen LogP contribution in [0.2, 0.25) is 0 Å². The van der Waals surface area contributed by atoms with Crippen molar-refractivity contribution in [2.75, 3.05) is 20.2 Å². The van der Waals surface area contributed by atoms with Gasteiger partial charge in [0.15, 0.2) is 0 Å². The Morgan fingerprint density at radius 2 is 2.26 bits per heavy atom. The lowest BCUT2D eigenvalue weighted by atomic mass is 9.92. The van der Waals surface area contributed by atoms with Gasteiger partial charge in [0.2, 0.25) is 5.91 Å². The highest BCUT2D eigenvalue weighted by molar-refractivity contribution is 5.84. The largest absolute Gasteiger partial charge is 0.493 e. The van der Waals surface area contributed by atoms with E-state index in [1.165, 1.54) is 0 Å². The molecule has 2 rings (SSSR count). The average molecular weight is 263 g/mol. The molecule has 0 aromatic heterocycles. The summed E-state index contributed by atoms with van der Waals surface area (Å²) in [5, 5.41) is 9.29. The van der Waals surface area contributed by atoms with Gasteiger partial charge in [-0.2, -0.15) is 0 Å². The average Bonchev–Trinajstić information content (AvgIpc) is 2.43. The van der Waals surface area contributed by atoms with Crippen molar-refractivity contribution in [3.63, 3.8) is 0 Å². The highest BCUT2D eigenvalue weighted by Gasteiger charge is 2.29. The fourth-order valence-corrected chi connectivity index (χ4v) is 2.36. The van der Waals surface area contributed by atoms with Crippen LogP contribution in [0.1, 0.15) is 31.2 Å². The van der Waals surface area contributed by atoms with Crippen LogP contribution in [-0.2, 0) is 4.79 Å². The summed E-state index contributed by atoms with van der Waals surface area (Å²) in [6.45, 7) is 2.90. The minimum atomic E-state index is -0.378. The number of fused-ring (bicyclic) bond motifs is 1. The summed E-state index contributed by atoms with van der Waals surface area (Å²) in [7, 11) is 1.79. The Kier molecular flexibility index (Phi) is 4.43. The Morgan fingerprint density at radius 1 is 1.53 bits per heavy atom. The number of nitrogens with zero attached hydrogens (tertiary/aromatic N) is 1. The van der Waals surface area contributed by atoms with Crippen molar-refractivity contribution in [3.05, 3.63) is 29.8 Å². The number of rotatable bonds is 4. The van der Waals surface area contributed by atoms with Gasteiger partial charge in [0.1, 0.15) is 5.75 Å². The fraction of sp³-hybridized carbons (Fsp3) is 0.533. The molecule has 2 unspecified atom stereocenters. The van der Waals surface area contributed by atoms with Crippen LogP contribution in [-0.4, -0.2) is 42.2 Å². The van der Waals surface area contributed by atoms with Gasteiger partial charge in [-0.1, -0.05) is 18.2 Å².